The number of hydrogen-bond acceptors (Lipinski definition) is 6. The average molecular weight is 519 g/mol. The Kier molecular flexibility index (Phi) is 8.72. The van der Waals surface area contributed by atoms with Crippen LogP contribution < -0.4 is 15.2 Å². The first-order valence-electron chi connectivity index (χ1n) is 11.3. The van der Waals surface area contributed by atoms with Gasteiger partial charge in [0.1, 0.15) is 9.96 Å². The summed E-state index contributed by atoms with van der Waals surface area (Å²) in [6.07, 6.45) is -0.551. The van der Waals surface area contributed by atoms with Crippen LogP contribution in [-0.2, 0) is 19.9 Å². The van der Waals surface area contributed by atoms with Crippen molar-refractivity contribution in [2.24, 2.45) is 5.73 Å². The van der Waals surface area contributed by atoms with Gasteiger partial charge in [-0.15, -0.1) is 11.3 Å². The lowest BCUT2D eigenvalue weighted by molar-refractivity contribution is 0.00272. The van der Waals surface area contributed by atoms with E-state index in [4.69, 9.17) is 14.9 Å². The summed E-state index contributed by atoms with van der Waals surface area (Å²) in [5.74, 6) is 0.643. The molecule has 1 aromatic heterocycles. The van der Waals surface area contributed by atoms with E-state index in [1.54, 1.807) is 12.1 Å². The second kappa shape index (κ2) is 11.2. The molecular weight excluding hydrogens is 485 g/mol. The van der Waals surface area contributed by atoms with Gasteiger partial charge in [-0.3, -0.25) is 0 Å². The van der Waals surface area contributed by atoms with Crippen molar-refractivity contribution < 1.29 is 17.6 Å². The molecule has 184 valence electrons. The standard InChI is InChI=1S/C25H34N2O4S2Si/c1-25(2,3)19-10-8-9-18(17-19)24(31-34(4)5)30-21-12-7-6-11-20(21)22-13-14-23(32-22)33(28,29)27-16-15-26/h6-14,17,24,27,34H,15-16,26H2,1-5H3. The summed E-state index contributed by atoms with van der Waals surface area (Å²) in [7, 11) is -5.03. The lowest BCUT2D eigenvalue weighted by Gasteiger charge is -2.26. The summed E-state index contributed by atoms with van der Waals surface area (Å²) < 4.78 is 40.5. The van der Waals surface area contributed by atoms with Crippen molar-refractivity contribution in [3.05, 3.63) is 71.8 Å². The maximum Gasteiger partial charge on any atom is 0.250 e. The molecule has 0 fully saturated rings. The second-order valence-electron chi connectivity index (χ2n) is 9.31. The summed E-state index contributed by atoms with van der Waals surface area (Å²) in [6, 6.07) is 19.4. The van der Waals surface area contributed by atoms with Crippen LogP contribution in [0.25, 0.3) is 10.4 Å². The predicted molar refractivity (Wildman–Crippen MR) is 142 cm³/mol. The highest BCUT2D eigenvalue weighted by atomic mass is 32.2. The van der Waals surface area contributed by atoms with E-state index in [0.717, 1.165) is 16.0 Å². The van der Waals surface area contributed by atoms with Gasteiger partial charge in [-0.05, 0) is 54.4 Å². The van der Waals surface area contributed by atoms with E-state index >= 15 is 0 Å². The second-order valence-corrected chi connectivity index (χ2v) is 14.8. The fourth-order valence-corrected chi connectivity index (χ4v) is 6.47. The highest BCUT2D eigenvalue weighted by Gasteiger charge is 2.22. The molecule has 0 amide bonds. The Morgan fingerprint density at radius 1 is 1.06 bits per heavy atom. The van der Waals surface area contributed by atoms with Crippen molar-refractivity contribution in [2.45, 2.75) is 49.8 Å². The quantitative estimate of drug-likeness (QED) is 0.290. The number of para-hydroxylation sites is 1. The highest BCUT2D eigenvalue weighted by Crippen LogP contribution is 2.38. The molecule has 2 aromatic carbocycles. The molecule has 3 rings (SSSR count). The Hall–Kier alpha value is -2.01. The minimum absolute atomic E-state index is 0.00449. The molecule has 0 saturated carbocycles. The van der Waals surface area contributed by atoms with Gasteiger partial charge in [0.05, 0.1) is 0 Å². The topological polar surface area (TPSA) is 90.6 Å². The van der Waals surface area contributed by atoms with Crippen LogP contribution >= 0.6 is 11.3 Å². The number of nitrogens with two attached hydrogens (primary N) is 1. The molecule has 1 heterocycles. The first-order chi connectivity index (χ1) is 16.0. The van der Waals surface area contributed by atoms with Crippen LogP contribution in [0.2, 0.25) is 13.1 Å². The number of ether oxygens (including phenoxy) is 1. The number of rotatable bonds is 10. The van der Waals surface area contributed by atoms with Crippen LogP contribution in [0, 0.1) is 0 Å². The maximum atomic E-state index is 12.5. The third-order valence-corrected chi connectivity index (χ3v) is 8.95. The van der Waals surface area contributed by atoms with Crippen LogP contribution in [0.4, 0.5) is 0 Å². The van der Waals surface area contributed by atoms with E-state index in [1.807, 2.05) is 36.4 Å². The Morgan fingerprint density at radius 3 is 2.47 bits per heavy atom. The van der Waals surface area contributed by atoms with Gasteiger partial charge in [-0.2, -0.15) is 0 Å². The van der Waals surface area contributed by atoms with Crippen LogP contribution in [0.5, 0.6) is 5.75 Å². The molecule has 0 aliphatic heterocycles. The van der Waals surface area contributed by atoms with Gasteiger partial charge in [0.15, 0.2) is 9.04 Å². The van der Waals surface area contributed by atoms with Crippen LogP contribution in [0.15, 0.2) is 64.9 Å². The van der Waals surface area contributed by atoms with Gasteiger partial charge in [-0.25, -0.2) is 13.1 Å². The third kappa shape index (κ3) is 6.77. The van der Waals surface area contributed by atoms with E-state index in [1.165, 1.54) is 16.9 Å². The molecule has 0 spiro atoms. The molecule has 34 heavy (non-hydrogen) atoms. The number of hydrogen-bond donors (Lipinski definition) is 2. The zero-order valence-corrected chi connectivity index (χ0v) is 23.2. The largest absolute Gasteiger partial charge is 0.461 e. The molecule has 0 aliphatic carbocycles. The molecular formula is C25H34N2O4S2Si. The summed E-state index contributed by atoms with van der Waals surface area (Å²) in [5.41, 5.74) is 8.43. The molecule has 0 aliphatic rings. The number of benzene rings is 2. The molecule has 1 atom stereocenters. The maximum absolute atomic E-state index is 12.5. The van der Waals surface area contributed by atoms with Gasteiger partial charge in [-0.1, -0.05) is 51.1 Å². The third-order valence-electron chi connectivity index (χ3n) is 5.09. The number of sulfonamides is 1. The molecule has 1 unspecified atom stereocenters. The fraction of sp³-hybridized carbons (Fsp3) is 0.360. The molecule has 0 radical (unpaired) electrons. The van der Waals surface area contributed by atoms with E-state index in [0.29, 0.717) is 5.75 Å². The molecule has 9 heteroatoms. The monoisotopic (exact) mass is 518 g/mol. The van der Waals surface area contributed by atoms with Crippen molar-refractivity contribution in [3.63, 3.8) is 0 Å². The average Bonchev–Trinajstić information content (AvgIpc) is 3.28. The van der Waals surface area contributed by atoms with Gasteiger partial charge >= 0.3 is 0 Å². The van der Waals surface area contributed by atoms with E-state index in [2.05, 4.69) is 50.7 Å². The van der Waals surface area contributed by atoms with Gasteiger partial charge in [0.25, 0.3) is 0 Å². The summed E-state index contributed by atoms with van der Waals surface area (Å²) in [6.45, 7) is 11.2. The molecule has 0 bridgehead atoms. The minimum Gasteiger partial charge on any atom is -0.461 e. The summed E-state index contributed by atoms with van der Waals surface area (Å²) >= 11 is 1.20. The summed E-state index contributed by atoms with van der Waals surface area (Å²) in [5, 5.41) is 0. The SMILES string of the molecule is C[SiH](C)OC(Oc1ccccc1-c1ccc(S(=O)(=O)NCCN)s1)c1cccc(C(C)(C)C)c1. The zero-order valence-electron chi connectivity index (χ0n) is 20.4. The molecule has 3 N–H and O–H groups in total. The fourth-order valence-electron chi connectivity index (χ4n) is 3.34. The van der Waals surface area contributed by atoms with Crippen LogP contribution in [0.3, 0.4) is 0 Å². The van der Waals surface area contributed by atoms with Crippen molar-refractivity contribution >= 4 is 30.4 Å². The van der Waals surface area contributed by atoms with Crippen molar-refractivity contribution in [2.75, 3.05) is 13.1 Å². The first kappa shape index (κ1) is 26.6. The number of nitrogens with one attached hydrogen (secondary N) is 1. The van der Waals surface area contributed by atoms with Gasteiger partial charge in [0, 0.05) is 29.1 Å². The van der Waals surface area contributed by atoms with Crippen molar-refractivity contribution in [1.82, 2.24) is 4.72 Å². The van der Waals surface area contributed by atoms with E-state index in [9.17, 15) is 8.42 Å². The van der Waals surface area contributed by atoms with Crippen LogP contribution in [0.1, 0.15) is 38.2 Å². The highest BCUT2D eigenvalue weighted by molar-refractivity contribution is 7.91. The van der Waals surface area contributed by atoms with E-state index < -0.39 is 25.4 Å². The Balaban J connectivity index is 1.95. The van der Waals surface area contributed by atoms with Crippen molar-refractivity contribution in [3.8, 4) is 16.2 Å². The smallest absolute Gasteiger partial charge is 0.250 e. The number of thiophene rings is 1. The Morgan fingerprint density at radius 2 is 1.79 bits per heavy atom. The van der Waals surface area contributed by atoms with Gasteiger partial charge < -0.3 is 14.9 Å². The van der Waals surface area contributed by atoms with Gasteiger partial charge in [0.2, 0.25) is 16.3 Å². The zero-order chi connectivity index (χ0) is 24.9. The summed E-state index contributed by atoms with van der Waals surface area (Å²) in [4.78, 5) is 0.799. The molecule has 6 nitrogen and oxygen atoms in total. The Bertz CT molecular complexity index is 1200. The van der Waals surface area contributed by atoms with Crippen LogP contribution in [-0.4, -0.2) is 30.5 Å². The molecule has 0 saturated heterocycles. The minimum atomic E-state index is -3.59. The lowest BCUT2D eigenvalue weighted by atomic mass is 9.86. The Labute approximate surface area is 208 Å². The van der Waals surface area contributed by atoms with E-state index in [-0.39, 0.29) is 22.7 Å². The normalized spacial score (nSPS) is 13.3. The van der Waals surface area contributed by atoms with Crippen molar-refractivity contribution in [1.29, 1.82) is 0 Å². The first-order valence-corrected chi connectivity index (χ1v) is 16.4. The predicted octanol–water partition coefficient (Wildman–Crippen LogP) is 5.03. The lowest BCUT2D eigenvalue weighted by Crippen LogP contribution is -2.28. The molecule has 3 aromatic rings.